The van der Waals surface area contributed by atoms with E-state index >= 15 is 0 Å². The van der Waals surface area contributed by atoms with Crippen LogP contribution < -0.4 is 15.8 Å². The van der Waals surface area contributed by atoms with Crippen LogP contribution in [0.25, 0.3) is 0 Å². The first-order valence-electron chi connectivity index (χ1n) is 8.21. The highest BCUT2D eigenvalue weighted by atomic mass is 32.2. The Labute approximate surface area is 151 Å². The first-order chi connectivity index (χ1) is 12.4. The summed E-state index contributed by atoms with van der Waals surface area (Å²) in [5, 5.41) is 2.61. The number of nitrogens with two attached hydrogens (primary N) is 1. The fourth-order valence-corrected chi connectivity index (χ4v) is 4.76. The molecule has 3 N–H and O–H groups in total. The highest BCUT2D eigenvalue weighted by molar-refractivity contribution is 7.89. The second-order valence-electron chi connectivity index (χ2n) is 6.38. The summed E-state index contributed by atoms with van der Waals surface area (Å²) >= 11 is 0. The molecule has 1 saturated heterocycles. The summed E-state index contributed by atoms with van der Waals surface area (Å²) in [6.07, 6.45) is 1.59. The highest BCUT2D eigenvalue weighted by Crippen LogP contribution is 2.52. The van der Waals surface area contributed by atoms with Crippen LogP contribution in [-0.2, 0) is 14.8 Å². The molecule has 142 valence electrons. The molecule has 1 aromatic rings. The number of rotatable bonds is 7. The molecule has 2 aliphatic rings. The van der Waals surface area contributed by atoms with Crippen molar-refractivity contribution in [3.05, 3.63) is 30.2 Å². The van der Waals surface area contributed by atoms with Gasteiger partial charge in [0.25, 0.3) is 0 Å². The van der Waals surface area contributed by atoms with Crippen molar-refractivity contribution in [2.75, 3.05) is 33.3 Å². The normalized spacial score (nSPS) is 25.7. The van der Waals surface area contributed by atoms with E-state index in [1.54, 1.807) is 7.05 Å². The van der Waals surface area contributed by atoms with Gasteiger partial charge in [0.2, 0.25) is 21.8 Å². The second-order valence-corrected chi connectivity index (χ2v) is 8.32. The topological polar surface area (TPSA) is 115 Å². The number of ether oxygens (including phenoxy) is 1. The van der Waals surface area contributed by atoms with Crippen molar-refractivity contribution in [1.82, 2.24) is 14.6 Å². The predicted octanol–water partition coefficient (Wildman–Crippen LogP) is -0.115. The monoisotopic (exact) mass is 384 g/mol. The summed E-state index contributed by atoms with van der Waals surface area (Å²) in [5.41, 5.74) is 5.60. The van der Waals surface area contributed by atoms with Crippen molar-refractivity contribution < 1.29 is 22.3 Å². The number of halogens is 1. The molecule has 1 aromatic heterocycles. The number of piperidine rings is 1. The molecule has 10 heteroatoms. The smallest absolute Gasteiger partial charge is 0.244 e. The van der Waals surface area contributed by atoms with Gasteiger partial charge in [0.15, 0.2) is 0 Å². The van der Waals surface area contributed by atoms with Crippen LogP contribution in [-0.4, -0.2) is 56.9 Å². The Morgan fingerprint density at radius 2 is 2.15 bits per heavy atom. The molecular weight excluding hydrogens is 363 g/mol. The summed E-state index contributed by atoms with van der Waals surface area (Å²) in [6, 6.07) is 2.82. The number of nitrogens with one attached hydrogen (secondary N) is 1. The minimum Gasteiger partial charge on any atom is -0.473 e. The average Bonchev–Trinajstić information content (AvgIpc) is 3.15. The van der Waals surface area contributed by atoms with E-state index < -0.39 is 10.0 Å². The Bertz CT molecular complexity index is 800. The predicted molar refractivity (Wildman–Crippen MR) is 91.3 cm³/mol. The van der Waals surface area contributed by atoms with Gasteiger partial charge >= 0.3 is 0 Å². The summed E-state index contributed by atoms with van der Waals surface area (Å²) in [7, 11) is -2.08. The zero-order valence-electron chi connectivity index (χ0n) is 14.3. The van der Waals surface area contributed by atoms with E-state index in [-0.39, 0.29) is 53.2 Å². The SMILES string of the molecule is CNC(=O)[C@H]1[C@@H]2CN(S(=O)(=O)c3ccc(OC/C(=C/F)CN)nc3)C[C@@H]21. The van der Waals surface area contributed by atoms with E-state index in [9.17, 15) is 17.6 Å². The molecule has 0 bridgehead atoms. The van der Waals surface area contributed by atoms with Crippen molar-refractivity contribution in [3.63, 3.8) is 0 Å². The van der Waals surface area contributed by atoms with Gasteiger partial charge in [0, 0.05) is 44.2 Å². The number of amides is 1. The third kappa shape index (κ3) is 3.44. The Morgan fingerprint density at radius 1 is 1.46 bits per heavy atom. The molecule has 1 amide bonds. The molecule has 3 rings (SSSR count). The fourth-order valence-electron chi connectivity index (χ4n) is 3.29. The lowest BCUT2D eigenvalue weighted by Gasteiger charge is -2.19. The minimum absolute atomic E-state index is 0.0251. The summed E-state index contributed by atoms with van der Waals surface area (Å²) in [4.78, 5) is 15.7. The molecule has 8 nitrogen and oxygen atoms in total. The average molecular weight is 384 g/mol. The zero-order valence-corrected chi connectivity index (χ0v) is 15.1. The summed E-state index contributed by atoms with van der Waals surface area (Å²) in [5.74, 6) is 0.241. The Hall–Kier alpha value is -2.04. The van der Waals surface area contributed by atoms with Crippen molar-refractivity contribution >= 4 is 15.9 Å². The van der Waals surface area contributed by atoms with E-state index in [2.05, 4.69) is 10.3 Å². The van der Waals surface area contributed by atoms with Gasteiger partial charge in [-0.2, -0.15) is 4.31 Å². The lowest BCUT2D eigenvalue weighted by atomic mass is 10.2. The first kappa shape index (κ1) is 18.7. The quantitative estimate of drug-likeness (QED) is 0.678. The maximum atomic E-state index is 12.7. The van der Waals surface area contributed by atoms with Crippen molar-refractivity contribution in [2.24, 2.45) is 23.5 Å². The van der Waals surface area contributed by atoms with Gasteiger partial charge in [-0.05, 0) is 17.9 Å². The molecule has 1 saturated carbocycles. The Morgan fingerprint density at radius 3 is 2.65 bits per heavy atom. The van der Waals surface area contributed by atoms with Gasteiger partial charge in [-0.1, -0.05) is 0 Å². The van der Waals surface area contributed by atoms with Gasteiger partial charge in [0.05, 0.1) is 12.5 Å². The number of aromatic nitrogens is 1. The maximum absolute atomic E-state index is 12.7. The highest BCUT2D eigenvalue weighted by Gasteiger charge is 2.61. The van der Waals surface area contributed by atoms with Gasteiger partial charge < -0.3 is 15.8 Å². The van der Waals surface area contributed by atoms with E-state index in [4.69, 9.17) is 10.5 Å². The Kier molecular flexibility index (Phi) is 5.26. The van der Waals surface area contributed by atoms with Crippen LogP contribution in [0.4, 0.5) is 4.39 Å². The van der Waals surface area contributed by atoms with E-state index in [0.717, 1.165) is 0 Å². The molecule has 1 aliphatic heterocycles. The zero-order chi connectivity index (χ0) is 18.9. The van der Waals surface area contributed by atoms with Crippen LogP contribution in [0.1, 0.15) is 0 Å². The minimum atomic E-state index is -3.66. The van der Waals surface area contributed by atoms with Crippen LogP contribution >= 0.6 is 0 Å². The van der Waals surface area contributed by atoms with E-state index in [1.807, 2.05) is 0 Å². The van der Waals surface area contributed by atoms with Crippen LogP contribution in [0.15, 0.2) is 35.1 Å². The number of sulfonamides is 1. The molecule has 1 aliphatic carbocycles. The maximum Gasteiger partial charge on any atom is 0.244 e. The van der Waals surface area contributed by atoms with Gasteiger partial charge in [0.1, 0.15) is 11.5 Å². The van der Waals surface area contributed by atoms with Crippen molar-refractivity contribution in [3.8, 4) is 5.88 Å². The van der Waals surface area contributed by atoms with E-state index in [0.29, 0.717) is 19.4 Å². The second kappa shape index (κ2) is 7.29. The van der Waals surface area contributed by atoms with Gasteiger partial charge in [-0.25, -0.2) is 17.8 Å². The molecule has 2 heterocycles. The van der Waals surface area contributed by atoms with Gasteiger partial charge in [-0.3, -0.25) is 4.79 Å². The molecule has 3 atom stereocenters. The summed E-state index contributed by atoms with van der Waals surface area (Å²) < 4.78 is 44.5. The molecule has 2 fully saturated rings. The van der Waals surface area contributed by atoms with Crippen LogP contribution in [0, 0.1) is 17.8 Å². The lowest BCUT2D eigenvalue weighted by Crippen LogP contribution is -2.34. The third-order valence-corrected chi connectivity index (χ3v) is 6.69. The molecule has 0 aromatic carbocycles. The third-order valence-electron chi connectivity index (χ3n) is 4.88. The number of pyridine rings is 1. The molecule has 0 spiro atoms. The van der Waals surface area contributed by atoms with Crippen LogP contribution in [0.2, 0.25) is 0 Å². The Balaban J connectivity index is 1.62. The first-order valence-corrected chi connectivity index (χ1v) is 9.65. The van der Waals surface area contributed by atoms with Crippen molar-refractivity contribution in [2.45, 2.75) is 4.90 Å². The number of fused-ring (bicyclic) bond motifs is 1. The number of carbonyl (C=O) groups excluding carboxylic acids is 1. The molecule has 26 heavy (non-hydrogen) atoms. The number of nitrogens with zero attached hydrogens (tertiary/aromatic N) is 2. The molecule has 0 unspecified atom stereocenters. The van der Waals surface area contributed by atoms with Crippen molar-refractivity contribution in [1.29, 1.82) is 0 Å². The van der Waals surface area contributed by atoms with Gasteiger partial charge in [-0.15, -0.1) is 0 Å². The lowest BCUT2D eigenvalue weighted by molar-refractivity contribution is -0.122. The standard InChI is InChI=1S/C16H21FN4O4S/c1-19-16(22)15-12-7-21(8-13(12)15)26(23,24)11-2-3-14(20-6-11)25-9-10(4-17)5-18/h2-4,6,12-13,15H,5,7-9,18H2,1H3,(H,19,22)/b10-4+/t12-,13+,15+. The summed E-state index contributed by atoms with van der Waals surface area (Å²) in [6.45, 7) is 0.648. The molecule has 0 radical (unpaired) electrons. The van der Waals surface area contributed by atoms with Crippen LogP contribution in [0.3, 0.4) is 0 Å². The van der Waals surface area contributed by atoms with E-state index in [1.165, 1.54) is 22.6 Å². The fraction of sp³-hybridized carbons (Fsp3) is 0.500. The number of hydrogen-bond donors (Lipinski definition) is 2. The van der Waals surface area contributed by atoms with Crippen LogP contribution in [0.5, 0.6) is 5.88 Å². The largest absolute Gasteiger partial charge is 0.473 e. The number of hydrogen-bond acceptors (Lipinski definition) is 6. The number of carbonyl (C=O) groups is 1. The molecular formula is C16H21FN4O4S.